The van der Waals surface area contributed by atoms with Gasteiger partial charge >= 0.3 is 5.97 Å². The summed E-state index contributed by atoms with van der Waals surface area (Å²) >= 11 is 0. The van der Waals surface area contributed by atoms with Crippen LogP contribution in [0.2, 0.25) is 0 Å². The number of esters is 1. The van der Waals surface area contributed by atoms with Crippen molar-refractivity contribution in [2.45, 2.75) is 25.9 Å². The molecule has 5 heteroatoms. The van der Waals surface area contributed by atoms with E-state index in [1.165, 1.54) is 0 Å². The Bertz CT molecular complexity index is 940. The summed E-state index contributed by atoms with van der Waals surface area (Å²) in [6, 6.07) is 20.9. The number of aromatic nitrogens is 1. The molecular formula is C22H22N2O3. The van der Waals surface area contributed by atoms with Gasteiger partial charge in [0.05, 0.1) is 5.52 Å². The lowest BCUT2D eigenvalue weighted by atomic mass is 10.0. The molecule has 0 radical (unpaired) electrons. The number of benzene rings is 2. The smallest absolute Gasteiger partial charge is 0.357 e. The van der Waals surface area contributed by atoms with Gasteiger partial charge in [-0.25, -0.2) is 9.78 Å². The third-order valence-electron chi connectivity index (χ3n) is 4.41. The summed E-state index contributed by atoms with van der Waals surface area (Å²) in [5.41, 5.74) is 2.04. The van der Waals surface area contributed by atoms with Crippen LogP contribution in [0.1, 0.15) is 35.8 Å². The number of amides is 1. The van der Waals surface area contributed by atoms with Gasteiger partial charge in [-0.1, -0.05) is 61.5 Å². The largest absolute Gasteiger partial charge is 0.448 e. The van der Waals surface area contributed by atoms with E-state index in [-0.39, 0.29) is 17.5 Å². The van der Waals surface area contributed by atoms with Gasteiger partial charge < -0.3 is 10.1 Å². The summed E-state index contributed by atoms with van der Waals surface area (Å²) in [7, 11) is 0. The SMILES string of the molecule is C[C@H](CNC(=O)[C@@H](C)OC(=O)c1ccc2ccccc2n1)c1ccccc1. The van der Waals surface area contributed by atoms with E-state index >= 15 is 0 Å². The number of carbonyl (C=O) groups is 2. The molecule has 138 valence electrons. The van der Waals surface area contributed by atoms with Crippen LogP contribution in [0, 0.1) is 0 Å². The van der Waals surface area contributed by atoms with Gasteiger partial charge in [0.15, 0.2) is 6.10 Å². The number of ether oxygens (including phenoxy) is 1. The minimum absolute atomic E-state index is 0.167. The standard InChI is InChI=1S/C22H22N2O3/c1-15(17-8-4-3-5-9-17)14-23-21(25)16(2)27-22(26)20-13-12-18-10-6-7-11-19(18)24-20/h3-13,15-16H,14H2,1-2H3,(H,23,25)/t15-,16-/m1/s1. The molecule has 0 aliphatic rings. The van der Waals surface area contributed by atoms with Crippen LogP contribution in [0.3, 0.4) is 0 Å². The predicted octanol–water partition coefficient (Wildman–Crippen LogP) is 3.70. The predicted molar refractivity (Wildman–Crippen MR) is 104 cm³/mol. The molecule has 0 saturated carbocycles. The Morgan fingerprint density at radius 3 is 2.44 bits per heavy atom. The lowest BCUT2D eigenvalue weighted by Gasteiger charge is -2.16. The van der Waals surface area contributed by atoms with Crippen molar-refractivity contribution in [2.24, 2.45) is 0 Å². The summed E-state index contributed by atoms with van der Waals surface area (Å²) in [6.45, 7) is 4.06. The number of nitrogens with one attached hydrogen (secondary N) is 1. The van der Waals surface area contributed by atoms with Crippen molar-refractivity contribution < 1.29 is 14.3 Å². The van der Waals surface area contributed by atoms with Crippen molar-refractivity contribution in [1.29, 1.82) is 0 Å². The highest BCUT2D eigenvalue weighted by molar-refractivity contribution is 5.93. The molecular weight excluding hydrogens is 340 g/mol. The maximum absolute atomic E-state index is 12.3. The lowest BCUT2D eigenvalue weighted by molar-refractivity contribution is -0.129. The van der Waals surface area contributed by atoms with Gasteiger partial charge in [-0.05, 0) is 30.5 Å². The average Bonchev–Trinajstić information content (AvgIpc) is 2.71. The fourth-order valence-corrected chi connectivity index (χ4v) is 2.75. The molecule has 3 aromatic rings. The second-order valence-corrected chi connectivity index (χ2v) is 6.49. The molecule has 27 heavy (non-hydrogen) atoms. The van der Waals surface area contributed by atoms with Crippen LogP contribution < -0.4 is 5.32 Å². The van der Waals surface area contributed by atoms with Crippen molar-refractivity contribution >= 4 is 22.8 Å². The van der Waals surface area contributed by atoms with E-state index < -0.39 is 12.1 Å². The monoisotopic (exact) mass is 362 g/mol. The molecule has 1 amide bonds. The number of nitrogens with zero attached hydrogens (tertiary/aromatic N) is 1. The van der Waals surface area contributed by atoms with E-state index in [0.717, 1.165) is 10.9 Å². The van der Waals surface area contributed by atoms with Gasteiger partial charge in [0.25, 0.3) is 5.91 Å². The topological polar surface area (TPSA) is 68.3 Å². The highest BCUT2D eigenvalue weighted by Crippen LogP contribution is 2.14. The van der Waals surface area contributed by atoms with E-state index in [1.807, 2.05) is 67.6 Å². The van der Waals surface area contributed by atoms with Crippen LogP contribution >= 0.6 is 0 Å². The molecule has 0 bridgehead atoms. The number of para-hydroxylation sites is 1. The van der Waals surface area contributed by atoms with Gasteiger partial charge in [0, 0.05) is 11.9 Å². The zero-order valence-corrected chi connectivity index (χ0v) is 15.4. The van der Waals surface area contributed by atoms with Crippen LogP contribution in [0.4, 0.5) is 0 Å². The fraction of sp³-hybridized carbons (Fsp3) is 0.227. The first kappa shape index (κ1) is 18.6. The summed E-state index contributed by atoms with van der Waals surface area (Å²) < 4.78 is 5.27. The van der Waals surface area contributed by atoms with Crippen LogP contribution in [0.5, 0.6) is 0 Å². The van der Waals surface area contributed by atoms with Crippen LogP contribution in [0.25, 0.3) is 10.9 Å². The number of carbonyl (C=O) groups excluding carboxylic acids is 2. The Morgan fingerprint density at radius 1 is 0.963 bits per heavy atom. The van der Waals surface area contributed by atoms with E-state index in [0.29, 0.717) is 12.1 Å². The third kappa shape index (κ3) is 4.70. The van der Waals surface area contributed by atoms with E-state index in [4.69, 9.17) is 4.74 Å². The molecule has 1 aromatic heterocycles. The molecule has 1 N–H and O–H groups in total. The highest BCUT2D eigenvalue weighted by Gasteiger charge is 2.20. The van der Waals surface area contributed by atoms with Crippen LogP contribution in [0.15, 0.2) is 66.7 Å². The third-order valence-corrected chi connectivity index (χ3v) is 4.41. The summed E-state index contributed by atoms with van der Waals surface area (Å²) in [5, 5.41) is 3.77. The Kier molecular flexibility index (Phi) is 5.81. The van der Waals surface area contributed by atoms with E-state index in [9.17, 15) is 9.59 Å². The molecule has 1 heterocycles. The van der Waals surface area contributed by atoms with E-state index in [2.05, 4.69) is 10.3 Å². The maximum Gasteiger partial charge on any atom is 0.357 e. The van der Waals surface area contributed by atoms with Crippen molar-refractivity contribution in [2.75, 3.05) is 6.54 Å². The molecule has 3 rings (SSSR count). The molecule has 0 saturated heterocycles. The number of hydrogen-bond acceptors (Lipinski definition) is 4. The Labute approximate surface area is 158 Å². The number of fused-ring (bicyclic) bond motifs is 1. The number of hydrogen-bond donors (Lipinski definition) is 1. The first-order valence-electron chi connectivity index (χ1n) is 8.94. The molecule has 0 aliphatic carbocycles. The normalized spacial score (nSPS) is 13.0. The Morgan fingerprint density at radius 2 is 1.67 bits per heavy atom. The first-order chi connectivity index (χ1) is 13.0. The van der Waals surface area contributed by atoms with E-state index in [1.54, 1.807) is 13.0 Å². The number of rotatable bonds is 6. The van der Waals surface area contributed by atoms with Crippen LogP contribution in [-0.2, 0) is 9.53 Å². The second kappa shape index (κ2) is 8.45. The molecule has 0 fully saturated rings. The average molecular weight is 362 g/mol. The van der Waals surface area contributed by atoms with Crippen molar-refractivity contribution in [3.63, 3.8) is 0 Å². The Hall–Kier alpha value is -3.21. The van der Waals surface area contributed by atoms with Gasteiger partial charge in [0.1, 0.15) is 5.69 Å². The summed E-state index contributed by atoms with van der Waals surface area (Å²) in [5.74, 6) is -0.772. The van der Waals surface area contributed by atoms with Gasteiger partial charge in [-0.3, -0.25) is 4.79 Å². The zero-order valence-electron chi connectivity index (χ0n) is 15.4. The first-order valence-corrected chi connectivity index (χ1v) is 8.94. The molecule has 5 nitrogen and oxygen atoms in total. The zero-order chi connectivity index (χ0) is 19.2. The van der Waals surface area contributed by atoms with Gasteiger partial charge in [-0.15, -0.1) is 0 Å². The minimum Gasteiger partial charge on any atom is -0.448 e. The van der Waals surface area contributed by atoms with Crippen molar-refractivity contribution in [3.05, 3.63) is 78.0 Å². The summed E-state index contributed by atoms with van der Waals surface area (Å²) in [6.07, 6.45) is -0.895. The minimum atomic E-state index is -0.895. The fourth-order valence-electron chi connectivity index (χ4n) is 2.75. The van der Waals surface area contributed by atoms with Gasteiger partial charge in [0.2, 0.25) is 0 Å². The second-order valence-electron chi connectivity index (χ2n) is 6.49. The van der Waals surface area contributed by atoms with Crippen LogP contribution in [-0.4, -0.2) is 29.5 Å². The maximum atomic E-state index is 12.3. The van der Waals surface area contributed by atoms with Gasteiger partial charge in [-0.2, -0.15) is 0 Å². The van der Waals surface area contributed by atoms with Crippen molar-refractivity contribution in [1.82, 2.24) is 10.3 Å². The quantitative estimate of drug-likeness (QED) is 0.679. The summed E-state index contributed by atoms with van der Waals surface area (Å²) in [4.78, 5) is 28.8. The molecule has 2 atom stereocenters. The van der Waals surface area contributed by atoms with Crippen molar-refractivity contribution in [3.8, 4) is 0 Å². The number of pyridine rings is 1. The lowest BCUT2D eigenvalue weighted by Crippen LogP contribution is -2.37. The molecule has 0 aliphatic heterocycles. The molecule has 0 unspecified atom stereocenters. The Balaban J connectivity index is 1.56. The molecule has 0 spiro atoms. The highest BCUT2D eigenvalue weighted by atomic mass is 16.5. The molecule has 2 aromatic carbocycles.